The fraction of sp³-hybridized carbons (Fsp3) is 0.273. The van der Waals surface area contributed by atoms with Crippen LogP contribution < -0.4 is 4.90 Å². The van der Waals surface area contributed by atoms with Crippen molar-refractivity contribution in [3.63, 3.8) is 0 Å². The molecule has 1 saturated heterocycles. The molecule has 5 nitrogen and oxygen atoms in total. The molecule has 3 aromatic rings. The molecule has 27 heavy (non-hydrogen) atoms. The topological polar surface area (TPSA) is 56.3 Å². The third-order valence-electron chi connectivity index (χ3n) is 4.92. The number of oxazole rings is 1. The van der Waals surface area contributed by atoms with E-state index in [2.05, 4.69) is 20.9 Å². The second-order valence-corrected chi connectivity index (χ2v) is 6.73. The molecule has 1 aliphatic heterocycles. The van der Waals surface area contributed by atoms with E-state index in [0.29, 0.717) is 6.54 Å². The van der Waals surface area contributed by atoms with Crippen LogP contribution in [-0.4, -0.2) is 36.1 Å². The maximum Gasteiger partial charge on any atom is 0.209 e. The summed E-state index contributed by atoms with van der Waals surface area (Å²) in [5.74, 6) is 1.56. The normalized spacial score (nSPS) is 15.3. The second-order valence-electron chi connectivity index (χ2n) is 6.73. The Labute approximate surface area is 159 Å². The van der Waals surface area contributed by atoms with Gasteiger partial charge < -0.3 is 9.32 Å². The van der Waals surface area contributed by atoms with Crippen molar-refractivity contribution in [1.82, 2.24) is 9.88 Å². The molecule has 1 aliphatic rings. The predicted octanol–water partition coefficient (Wildman–Crippen LogP) is 3.93. The number of hydrogen-bond donors (Lipinski definition) is 0. The summed E-state index contributed by atoms with van der Waals surface area (Å²) < 4.78 is 5.95. The summed E-state index contributed by atoms with van der Waals surface area (Å²) in [6, 6.07) is 20.2. The van der Waals surface area contributed by atoms with Crippen LogP contribution in [0.4, 0.5) is 5.69 Å². The van der Waals surface area contributed by atoms with Crippen molar-refractivity contribution in [2.45, 2.75) is 13.0 Å². The predicted molar refractivity (Wildman–Crippen MR) is 105 cm³/mol. The summed E-state index contributed by atoms with van der Waals surface area (Å²) in [5.41, 5.74) is 2.82. The molecule has 1 aromatic heterocycles. The fourth-order valence-corrected chi connectivity index (χ4v) is 3.52. The molecular formula is C22H22N4O. The molecule has 136 valence electrons. The lowest BCUT2D eigenvalue weighted by atomic mass is 10.1. The molecular weight excluding hydrogens is 336 g/mol. The first-order chi connectivity index (χ1) is 13.3. The molecule has 2 aromatic carbocycles. The minimum Gasteiger partial charge on any atom is -0.439 e. The molecule has 0 bridgehead atoms. The van der Waals surface area contributed by atoms with Crippen molar-refractivity contribution in [2.24, 2.45) is 0 Å². The molecule has 0 aliphatic carbocycles. The molecule has 0 unspecified atom stereocenters. The quantitative estimate of drug-likeness (QED) is 0.707. The highest BCUT2D eigenvalue weighted by atomic mass is 16.4. The zero-order valence-electron chi connectivity index (χ0n) is 15.2. The molecule has 0 atom stereocenters. The summed E-state index contributed by atoms with van der Waals surface area (Å²) >= 11 is 0. The lowest BCUT2D eigenvalue weighted by molar-refractivity contribution is 0.256. The van der Waals surface area contributed by atoms with E-state index < -0.39 is 0 Å². The Morgan fingerprint density at radius 1 is 0.963 bits per heavy atom. The molecule has 0 radical (unpaired) electrons. The van der Waals surface area contributed by atoms with Crippen LogP contribution in [0.1, 0.15) is 17.9 Å². The van der Waals surface area contributed by atoms with Crippen molar-refractivity contribution in [1.29, 1.82) is 5.26 Å². The highest BCUT2D eigenvalue weighted by molar-refractivity contribution is 5.59. The van der Waals surface area contributed by atoms with Crippen LogP contribution in [-0.2, 0) is 6.54 Å². The fourth-order valence-electron chi connectivity index (χ4n) is 3.52. The Bertz CT molecular complexity index is 929. The van der Waals surface area contributed by atoms with E-state index in [4.69, 9.17) is 4.42 Å². The highest BCUT2D eigenvalue weighted by Gasteiger charge is 2.19. The minimum absolute atomic E-state index is 0.709. The summed E-state index contributed by atoms with van der Waals surface area (Å²) in [6.07, 6.45) is 2.85. The third kappa shape index (κ3) is 4.02. The number of para-hydroxylation sites is 1. The summed E-state index contributed by atoms with van der Waals surface area (Å²) in [7, 11) is 0. The van der Waals surface area contributed by atoms with Gasteiger partial charge in [0.2, 0.25) is 5.89 Å². The van der Waals surface area contributed by atoms with Crippen LogP contribution in [0.5, 0.6) is 0 Å². The summed E-state index contributed by atoms with van der Waals surface area (Å²) in [5, 5.41) is 9.35. The third-order valence-corrected chi connectivity index (χ3v) is 4.92. The molecule has 0 N–H and O–H groups in total. The van der Waals surface area contributed by atoms with E-state index in [1.54, 1.807) is 6.20 Å². The van der Waals surface area contributed by atoms with Crippen LogP contribution >= 0.6 is 0 Å². The zero-order chi connectivity index (χ0) is 18.5. The molecule has 0 amide bonds. The van der Waals surface area contributed by atoms with Gasteiger partial charge in [0, 0.05) is 31.7 Å². The van der Waals surface area contributed by atoms with Gasteiger partial charge >= 0.3 is 0 Å². The molecule has 2 heterocycles. The van der Waals surface area contributed by atoms with Gasteiger partial charge in [0.1, 0.15) is 6.07 Å². The lowest BCUT2D eigenvalue weighted by Crippen LogP contribution is -2.30. The first-order valence-electron chi connectivity index (χ1n) is 9.30. The maximum atomic E-state index is 9.35. The van der Waals surface area contributed by atoms with Crippen LogP contribution in [0.2, 0.25) is 0 Å². The standard InChI is InChI=1S/C22H22N4O/c23-15-19-9-4-5-10-20(19)26-12-6-11-25(13-14-26)17-22-24-16-21(27-22)18-7-2-1-3-8-18/h1-5,7-10,16H,6,11-14,17H2. The maximum absolute atomic E-state index is 9.35. The van der Waals surface area contributed by atoms with Crippen LogP contribution in [0.25, 0.3) is 11.3 Å². The lowest BCUT2D eigenvalue weighted by Gasteiger charge is -2.24. The van der Waals surface area contributed by atoms with Gasteiger partial charge in [-0.2, -0.15) is 5.26 Å². The Kier molecular flexibility index (Phi) is 5.17. The minimum atomic E-state index is 0.709. The first kappa shape index (κ1) is 17.3. The number of nitrogens with zero attached hydrogens (tertiary/aromatic N) is 4. The monoisotopic (exact) mass is 358 g/mol. The zero-order valence-corrected chi connectivity index (χ0v) is 15.2. The van der Waals surface area contributed by atoms with Crippen molar-refractivity contribution in [2.75, 3.05) is 31.1 Å². The summed E-state index contributed by atoms with van der Waals surface area (Å²) in [6.45, 7) is 4.47. The number of benzene rings is 2. The summed E-state index contributed by atoms with van der Waals surface area (Å²) in [4.78, 5) is 9.14. The Morgan fingerprint density at radius 2 is 1.78 bits per heavy atom. The number of aromatic nitrogens is 1. The van der Waals surface area contributed by atoms with E-state index in [0.717, 1.165) is 61.1 Å². The van der Waals surface area contributed by atoms with Crippen molar-refractivity contribution < 1.29 is 4.42 Å². The highest BCUT2D eigenvalue weighted by Crippen LogP contribution is 2.23. The Hall–Kier alpha value is -3.10. The molecule has 0 saturated carbocycles. The van der Waals surface area contributed by atoms with Gasteiger partial charge in [-0.25, -0.2) is 4.98 Å². The number of rotatable bonds is 4. The molecule has 4 rings (SSSR count). The van der Waals surface area contributed by atoms with Crippen LogP contribution in [0.15, 0.2) is 65.2 Å². The average molecular weight is 358 g/mol. The smallest absolute Gasteiger partial charge is 0.209 e. The van der Waals surface area contributed by atoms with Crippen molar-refractivity contribution >= 4 is 5.69 Å². The van der Waals surface area contributed by atoms with Gasteiger partial charge in [-0.05, 0) is 18.6 Å². The Morgan fingerprint density at radius 3 is 2.63 bits per heavy atom. The van der Waals surface area contributed by atoms with Gasteiger partial charge in [-0.1, -0.05) is 42.5 Å². The Balaban J connectivity index is 1.41. The van der Waals surface area contributed by atoms with Gasteiger partial charge in [0.25, 0.3) is 0 Å². The molecule has 1 fully saturated rings. The second kappa shape index (κ2) is 8.07. The number of hydrogen-bond acceptors (Lipinski definition) is 5. The van der Waals surface area contributed by atoms with E-state index in [-0.39, 0.29) is 0 Å². The van der Waals surface area contributed by atoms with Crippen LogP contribution in [0.3, 0.4) is 0 Å². The van der Waals surface area contributed by atoms with Gasteiger partial charge in [-0.3, -0.25) is 4.90 Å². The largest absolute Gasteiger partial charge is 0.439 e. The van der Waals surface area contributed by atoms with Crippen molar-refractivity contribution in [3.05, 3.63) is 72.2 Å². The number of nitriles is 1. The van der Waals surface area contributed by atoms with Gasteiger partial charge in [0.05, 0.1) is 24.0 Å². The van der Waals surface area contributed by atoms with E-state index >= 15 is 0 Å². The van der Waals surface area contributed by atoms with E-state index in [1.165, 1.54) is 0 Å². The first-order valence-corrected chi connectivity index (χ1v) is 9.30. The van der Waals surface area contributed by atoms with E-state index in [9.17, 15) is 5.26 Å². The van der Waals surface area contributed by atoms with Crippen molar-refractivity contribution in [3.8, 4) is 17.4 Å². The van der Waals surface area contributed by atoms with Crippen LogP contribution in [0, 0.1) is 11.3 Å². The van der Waals surface area contributed by atoms with E-state index in [1.807, 2.05) is 54.6 Å². The molecule has 0 spiro atoms. The molecule has 5 heteroatoms. The van der Waals surface area contributed by atoms with Gasteiger partial charge in [-0.15, -0.1) is 0 Å². The van der Waals surface area contributed by atoms with Gasteiger partial charge in [0.15, 0.2) is 5.76 Å². The SMILES string of the molecule is N#Cc1ccccc1N1CCCN(Cc2ncc(-c3ccccc3)o2)CC1. The number of anilines is 1. The average Bonchev–Trinajstić information content (AvgIpc) is 3.07.